The molecule has 0 aromatic rings. The van der Waals surface area contributed by atoms with E-state index in [1.807, 2.05) is 0 Å². The van der Waals surface area contributed by atoms with Crippen molar-refractivity contribution in [1.82, 2.24) is 5.32 Å². The van der Waals surface area contributed by atoms with Gasteiger partial charge in [0.2, 0.25) is 0 Å². The third-order valence-corrected chi connectivity index (χ3v) is 5.18. The van der Waals surface area contributed by atoms with Gasteiger partial charge >= 0.3 is 6.18 Å². The molecule has 3 unspecified atom stereocenters. The Morgan fingerprint density at radius 2 is 1.95 bits per heavy atom. The summed E-state index contributed by atoms with van der Waals surface area (Å²) in [5.74, 6) is -1.12. The van der Waals surface area contributed by atoms with E-state index in [9.17, 15) is 21.6 Å². The Morgan fingerprint density at radius 1 is 1.30 bits per heavy atom. The van der Waals surface area contributed by atoms with Gasteiger partial charge in [0.05, 0.1) is 5.92 Å². The molecule has 0 spiro atoms. The highest BCUT2D eigenvalue weighted by Crippen LogP contribution is 2.41. The maximum absolute atomic E-state index is 12.8. The molecule has 1 saturated carbocycles. The minimum Gasteiger partial charge on any atom is -0.317 e. The van der Waals surface area contributed by atoms with Gasteiger partial charge in [0, 0.05) is 18.1 Å². The lowest BCUT2D eigenvalue weighted by Gasteiger charge is -2.35. The molecule has 1 fully saturated rings. The SMILES string of the molecule is CNC(CCCS(C)(=O)=O)C1CCCC(C(F)(F)F)C1. The first-order chi connectivity index (χ1) is 9.13. The van der Waals surface area contributed by atoms with Gasteiger partial charge in [-0.05, 0) is 45.1 Å². The van der Waals surface area contributed by atoms with Crippen LogP contribution >= 0.6 is 0 Å². The molecular weight excluding hydrogens is 291 g/mol. The molecule has 3 nitrogen and oxygen atoms in total. The molecule has 0 aromatic carbocycles. The average molecular weight is 315 g/mol. The van der Waals surface area contributed by atoms with Gasteiger partial charge in [-0.25, -0.2) is 8.42 Å². The van der Waals surface area contributed by atoms with E-state index in [2.05, 4.69) is 5.32 Å². The zero-order valence-corrected chi connectivity index (χ0v) is 12.9. The quantitative estimate of drug-likeness (QED) is 0.820. The maximum Gasteiger partial charge on any atom is 0.391 e. The number of rotatable bonds is 6. The van der Waals surface area contributed by atoms with Crippen LogP contribution in [0, 0.1) is 11.8 Å². The summed E-state index contributed by atoms with van der Waals surface area (Å²) in [6, 6.07) is -0.0260. The first-order valence-corrected chi connectivity index (χ1v) is 9.11. The lowest BCUT2D eigenvalue weighted by Crippen LogP contribution is -2.39. The van der Waals surface area contributed by atoms with Crippen LogP contribution in [0.2, 0.25) is 0 Å². The predicted octanol–water partition coefficient (Wildman–Crippen LogP) is 2.77. The Hall–Kier alpha value is -0.300. The smallest absolute Gasteiger partial charge is 0.317 e. The van der Waals surface area contributed by atoms with Crippen molar-refractivity contribution < 1.29 is 21.6 Å². The molecule has 0 radical (unpaired) electrons. The molecule has 1 aliphatic rings. The van der Waals surface area contributed by atoms with Gasteiger partial charge in [-0.3, -0.25) is 0 Å². The summed E-state index contributed by atoms with van der Waals surface area (Å²) in [6.45, 7) is 0. The molecule has 0 aliphatic heterocycles. The van der Waals surface area contributed by atoms with E-state index in [1.165, 1.54) is 6.26 Å². The van der Waals surface area contributed by atoms with Crippen molar-refractivity contribution in [1.29, 1.82) is 0 Å². The lowest BCUT2D eigenvalue weighted by molar-refractivity contribution is -0.186. The highest BCUT2D eigenvalue weighted by molar-refractivity contribution is 7.90. The largest absolute Gasteiger partial charge is 0.391 e. The van der Waals surface area contributed by atoms with E-state index in [-0.39, 0.29) is 30.6 Å². The molecule has 7 heteroatoms. The number of sulfone groups is 1. The third-order valence-electron chi connectivity index (χ3n) is 4.15. The Balaban J connectivity index is 2.52. The fourth-order valence-corrected chi connectivity index (χ4v) is 3.76. The predicted molar refractivity (Wildman–Crippen MR) is 73.3 cm³/mol. The molecule has 0 heterocycles. The van der Waals surface area contributed by atoms with Crippen LogP contribution in [0.5, 0.6) is 0 Å². The first-order valence-electron chi connectivity index (χ1n) is 7.05. The highest BCUT2D eigenvalue weighted by Gasteiger charge is 2.43. The van der Waals surface area contributed by atoms with Crippen LogP contribution in [-0.4, -0.2) is 39.7 Å². The standard InChI is InChI=1S/C13H24F3NO2S/c1-17-12(7-4-8-20(2,18)19)10-5-3-6-11(9-10)13(14,15)16/h10-12,17H,3-9H2,1-2H3. The van der Waals surface area contributed by atoms with E-state index in [0.717, 1.165) is 6.42 Å². The summed E-state index contributed by atoms with van der Waals surface area (Å²) in [7, 11) is -1.26. The minimum atomic E-state index is -4.11. The summed E-state index contributed by atoms with van der Waals surface area (Å²) in [6.07, 6.45) is -0.0502. The Kier molecular flexibility index (Phi) is 6.31. The maximum atomic E-state index is 12.8. The third kappa shape index (κ3) is 5.99. The lowest BCUT2D eigenvalue weighted by atomic mass is 9.76. The van der Waals surface area contributed by atoms with E-state index >= 15 is 0 Å². The van der Waals surface area contributed by atoms with E-state index in [0.29, 0.717) is 19.3 Å². The second-order valence-corrected chi connectivity index (χ2v) is 8.09. The van der Waals surface area contributed by atoms with Gasteiger partial charge < -0.3 is 5.32 Å². The summed E-state index contributed by atoms with van der Waals surface area (Å²) in [4.78, 5) is 0. The van der Waals surface area contributed by atoms with Crippen molar-refractivity contribution in [3.63, 3.8) is 0 Å². The van der Waals surface area contributed by atoms with Gasteiger partial charge in [-0.1, -0.05) is 6.42 Å². The second kappa shape index (κ2) is 7.11. The van der Waals surface area contributed by atoms with Crippen LogP contribution in [0.3, 0.4) is 0 Å². The van der Waals surface area contributed by atoms with E-state index in [1.54, 1.807) is 7.05 Å². The summed E-state index contributed by atoms with van der Waals surface area (Å²) in [5.41, 5.74) is 0. The van der Waals surface area contributed by atoms with E-state index < -0.39 is 21.9 Å². The van der Waals surface area contributed by atoms with Gasteiger partial charge in [0.15, 0.2) is 0 Å². The van der Waals surface area contributed by atoms with Gasteiger partial charge in [0.25, 0.3) is 0 Å². The van der Waals surface area contributed by atoms with Crippen molar-refractivity contribution in [2.24, 2.45) is 11.8 Å². The van der Waals surface area contributed by atoms with Crippen LogP contribution in [0.15, 0.2) is 0 Å². The van der Waals surface area contributed by atoms with Crippen molar-refractivity contribution >= 4 is 9.84 Å². The summed E-state index contributed by atoms with van der Waals surface area (Å²) < 4.78 is 60.6. The van der Waals surface area contributed by atoms with Crippen molar-refractivity contribution in [2.45, 2.75) is 50.7 Å². The molecule has 0 bridgehead atoms. The zero-order chi connectivity index (χ0) is 15.4. The van der Waals surface area contributed by atoms with Crippen molar-refractivity contribution in [2.75, 3.05) is 19.1 Å². The van der Waals surface area contributed by atoms with Gasteiger partial charge in [-0.2, -0.15) is 13.2 Å². The molecule has 0 amide bonds. The molecule has 1 aliphatic carbocycles. The van der Waals surface area contributed by atoms with Crippen LogP contribution in [0.25, 0.3) is 0 Å². The number of halogens is 3. The molecule has 1 N–H and O–H groups in total. The molecule has 3 atom stereocenters. The summed E-state index contributed by atoms with van der Waals surface area (Å²) in [5, 5.41) is 3.07. The highest BCUT2D eigenvalue weighted by atomic mass is 32.2. The fraction of sp³-hybridized carbons (Fsp3) is 1.00. The molecule has 1 rings (SSSR count). The zero-order valence-electron chi connectivity index (χ0n) is 12.0. The normalized spacial score (nSPS) is 26.4. The monoisotopic (exact) mass is 315 g/mol. The Labute approximate surface area is 119 Å². The second-order valence-electron chi connectivity index (χ2n) is 5.83. The fourth-order valence-electron chi connectivity index (χ4n) is 3.07. The molecule has 120 valence electrons. The Morgan fingerprint density at radius 3 is 2.45 bits per heavy atom. The minimum absolute atomic E-state index is 0.0139. The summed E-state index contributed by atoms with van der Waals surface area (Å²) >= 11 is 0. The number of hydrogen-bond acceptors (Lipinski definition) is 3. The number of nitrogens with one attached hydrogen (secondary N) is 1. The van der Waals surface area contributed by atoms with Gasteiger partial charge in [0.1, 0.15) is 9.84 Å². The molecule has 0 saturated heterocycles. The van der Waals surface area contributed by atoms with Crippen LogP contribution < -0.4 is 5.32 Å². The number of hydrogen-bond donors (Lipinski definition) is 1. The van der Waals surface area contributed by atoms with Crippen LogP contribution in [-0.2, 0) is 9.84 Å². The van der Waals surface area contributed by atoms with Crippen molar-refractivity contribution in [3.05, 3.63) is 0 Å². The average Bonchev–Trinajstić information content (AvgIpc) is 2.32. The molecule has 20 heavy (non-hydrogen) atoms. The molecule has 0 aromatic heterocycles. The molecular formula is C13H24F3NO2S. The number of alkyl halides is 3. The Bertz CT molecular complexity index is 395. The van der Waals surface area contributed by atoms with Crippen LogP contribution in [0.1, 0.15) is 38.5 Å². The topological polar surface area (TPSA) is 46.2 Å². The van der Waals surface area contributed by atoms with Gasteiger partial charge in [-0.15, -0.1) is 0 Å². The van der Waals surface area contributed by atoms with Crippen molar-refractivity contribution in [3.8, 4) is 0 Å². The van der Waals surface area contributed by atoms with Crippen LogP contribution in [0.4, 0.5) is 13.2 Å². The first kappa shape index (κ1) is 17.8. The van der Waals surface area contributed by atoms with E-state index in [4.69, 9.17) is 0 Å².